The first-order valence-electron chi connectivity index (χ1n) is 8.81. The van der Waals surface area contributed by atoms with Gasteiger partial charge in [0.1, 0.15) is 6.10 Å². The number of rotatable bonds is 3. The molecule has 3 nitrogen and oxygen atoms in total. The molecule has 21 heavy (non-hydrogen) atoms. The van der Waals surface area contributed by atoms with Crippen molar-refractivity contribution < 1.29 is 9.53 Å². The van der Waals surface area contributed by atoms with Crippen molar-refractivity contribution in [2.75, 3.05) is 13.1 Å². The summed E-state index contributed by atoms with van der Waals surface area (Å²) in [6, 6.07) is 0.758. The largest absolute Gasteiger partial charge is 0.458 e. The SMILES string of the molecule is CCCN1CCC[C@@H]2CC3=C(CCC[C@H]3OC(C)=O)C[C@H]21. The Kier molecular flexibility index (Phi) is 4.68. The molecule has 1 saturated heterocycles. The van der Waals surface area contributed by atoms with E-state index in [0.29, 0.717) is 0 Å². The lowest BCUT2D eigenvalue weighted by molar-refractivity contribution is -0.145. The van der Waals surface area contributed by atoms with Crippen molar-refractivity contribution in [2.45, 2.75) is 77.4 Å². The van der Waals surface area contributed by atoms with Crippen LogP contribution in [0.1, 0.15) is 65.2 Å². The second kappa shape index (κ2) is 6.51. The first-order chi connectivity index (χ1) is 10.2. The summed E-state index contributed by atoms with van der Waals surface area (Å²) in [5.41, 5.74) is 3.12. The van der Waals surface area contributed by atoms with Gasteiger partial charge in [0, 0.05) is 13.0 Å². The first kappa shape index (κ1) is 15.1. The van der Waals surface area contributed by atoms with Crippen LogP contribution in [0.25, 0.3) is 0 Å². The highest BCUT2D eigenvalue weighted by Gasteiger charge is 2.39. The van der Waals surface area contributed by atoms with Gasteiger partial charge in [-0.2, -0.15) is 0 Å². The number of carbonyl (C=O) groups excluding carboxylic acids is 1. The smallest absolute Gasteiger partial charge is 0.303 e. The van der Waals surface area contributed by atoms with Crippen molar-refractivity contribution in [3.05, 3.63) is 11.1 Å². The Hall–Kier alpha value is -0.830. The van der Waals surface area contributed by atoms with Gasteiger partial charge >= 0.3 is 5.97 Å². The zero-order valence-corrected chi connectivity index (χ0v) is 13.6. The van der Waals surface area contributed by atoms with Crippen LogP contribution >= 0.6 is 0 Å². The summed E-state index contributed by atoms with van der Waals surface area (Å²) in [6.07, 6.45) is 9.90. The number of fused-ring (bicyclic) bond motifs is 1. The van der Waals surface area contributed by atoms with Crippen LogP contribution in [0.5, 0.6) is 0 Å². The summed E-state index contributed by atoms with van der Waals surface area (Å²) >= 11 is 0. The zero-order chi connectivity index (χ0) is 14.8. The van der Waals surface area contributed by atoms with E-state index in [-0.39, 0.29) is 12.1 Å². The first-order valence-corrected chi connectivity index (χ1v) is 8.81. The Morgan fingerprint density at radius 3 is 2.90 bits per heavy atom. The van der Waals surface area contributed by atoms with Gasteiger partial charge in [-0.15, -0.1) is 0 Å². The molecule has 0 spiro atoms. The van der Waals surface area contributed by atoms with Gasteiger partial charge in [-0.05, 0) is 75.9 Å². The Balaban J connectivity index is 1.78. The van der Waals surface area contributed by atoms with Crippen molar-refractivity contribution >= 4 is 5.97 Å². The summed E-state index contributed by atoms with van der Waals surface area (Å²) in [5.74, 6) is 0.673. The Morgan fingerprint density at radius 2 is 2.14 bits per heavy atom. The highest BCUT2D eigenvalue weighted by atomic mass is 16.5. The van der Waals surface area contributed by atoms with Gasteiger partial charge in [0.2, 0.25) is 0 Å². The highest BCUT2D eigenvalue weighted by Crippen LogP contribution is 2.44. The quantitative estimate of drug-likeness (QED) is 0.587. The molecular formula is C18H29NO2. The monoisotopic (exact) mass is 291 g/mol. The molecule has 0 aromatic rings. The average molecular weight is 291 g/mol. The molecule has 118 valence electrons. The van der Waals surface area contributed by atoms with Gasteiger partial charge in [-0.1, -0.05) is 12.5 Å². The van der Waals surface area contributed by atoms with E-state index in [1.807, 2.05) is 0 Å². The van der Waals surface area contributed by atoms with Crippen LogP contribution in [-0.4, -0.2) is 36.1 Å². The van der Waals surface area contributed by atoms with E-state index in [1.165, 1.54) is 63.6 Å². The van der Waals surface area contributed by atoms with Crippen LogP contribution in [0, 0.1) is 5.92 Å². The number of piperidine rings is 1. The molecule has 3 atom stereocenters. The summed E-state index contributed by atoms with van der Waals surface area (Å²) in [5, 5.41) is 0. The minimum Gasteiger partial charge on any atom is -0.458 e. The lowest BCUT2D eigenvalue weighted by Crippen LogP contribution is -2.48. The van der Waals surface area contributed by atoms with Gasteiger partial charge < -0.3 is 4.74 Å². The predicted molar refractivity (Wildman–Crippen MR) is 84.0 cm³/mol. The van der Waals surface area contributed by atoms with E-state index in [1.54, 1.807) is 12.5 Å². The number of ether oxygens (including phenoxy) is 1. The molecule has 0 bridgehead atoms. The van der Waals surface area contributed by atoms with Crippen LogP contribution < -0.4 is 0 Å². The molecule has 1 fully saturated rings. The maximum atomic E-state index is 11.4. The van der Waals surface area contributed by atoms with Gasteiger partial charge in [-0.3, -0.25) is 9.69 Å². The van der Waals surface area contributed by atoms with Gasteiger partial charge in [0.25, 0.3) is 0 Å². The van der Waals surface area contributed by atoms with E-state index in [4.69, 9.17) is 4.74 Å². The average Bonchev–Trinajstić information content (AvgIpc) is 2.46. The fourth-order valence-electron chi connectivity index (χ4n) is 4.75. The van der Waals surface area contributed by atoms with Crippen LogP contribution in [0.2, 0.25) is 0 Å². The van der Waals surface area contributed by atoms with E-state index in [9.17, 15) is 4.79 Å². The molecule has 3 rings (SSSR count). The number of carbonyl (C=O) groups is 1. The standard InChI is InChI=1S/C18H29NO2/c1-3-9-19-10-5-7-15-11-16-14(12-17(15)19)6-4-8-18(16)21-13(2)20/h15,17-18H,3-12H2,1-2H3/t15-,17-,18-/m1/s1. The van der Waals surface area contributed by atoms with E-state index >= 15 is 0 Å². The molecule has 1 aliphatic heterocycles. The summed E-state index contributed by atoms with van der Waals surface area (Å²) in [4.78, 5) is 14.1. The Labute approximate surface area is 128 Å². The second-order valence-corrected chi connectivity index (χ2v) is 7.03. The van der Waals surface area contributed by atoms with Crippen molar-refractivity contribution in [3.63, 3.8) is 0 Å². The third kappa shape index (κ3) is 3.18. The lowest BCUT2D eigenvalue weighted by atomic mass is 9.70. The molecular weight excluding hydrogens is 262 g/mol. The summed E-state index contributed by atoms with van der Waals surface area (Å²) < 4.78 is 5.60. The van der Waals surface area contributed by atoms with Crippen LogP contribution in [0.4, 0.5) is 0 Å². The molecule has 0 aromatic carbocycles. The van der Waals surface area contributed by atoms with Crippen molar-refractivity contribution in [1.29, 1.82) is 0 Å². The second-order valence-electron chi connectivity index (χ2n) is 7.03. The van der Waals surface area contributed by atoms with Crippen molar-refractivity contribution in [3.8, 4) is 0 Å². The number of hydrogen-bond acceptors (Lipinski definition) is 3. The fraction of sp³-hybridized carbons (Fsp3) is 0.833. The third-order valence-electron chi connectivity index (χ3n) is 5.58. The number of esters is 1. The maximum Gasteiger partial charge on any atom is 0.303 e. The molecule has 2 aliphatic carbocycles. The van der Waals surface area contributed by atoms with Crippen molar-refractivity contribution in [2.24, 2.45) is 5.92 Å². The molecule has 0 unspecified atom stereocenters. The van der Waals surface area contributed by atoms with E-state index < -0.39 is 0 Å². The maximum absolute atomic E-state index is 11.4. The number of nitrogens with zero attached hydrogens (tertiary/aromatic N) is 1. The van der Waals surface area contributed by atoms with Gasteiger partial charge in [-0.25, -0.2) is 0 Å². The zero-order valence-electron chi connectivity index (χ0n) is 13.6. The molecule has 0 N–H and O–H groups in total. The van der Waals surface area contributed by atoms with E-state index in [0.717, 1.165) is 18.4 Å². The molecule has 0 aromatic heterocycles. The number of likely N-dealkylation sites (tertiary alicyclic amines) is 1. The molecule has 1 heterocycles. The molecule has 0 radical (unpaired) electrons. The molecule has 0 saturated carbocycles. The minimum absolute atomic E-state index is 0.0914. The Morgan fingerprint density at radius 1 is 1.29 bits per heavy atom. The van der Waals surface area contributed by atoms with Crippen LogP contribution in [-0.2, 0) is 9.53 Å². The van der Waals surface area contributed by atoms with Crippen LogP contribution in [0.15, 0.2) is 11.1 Å². The van der Waals surface area contributed by atoms with Gasteiger partial charge in [0.15, 0.2) is 0 Å². The summed E-state index contributed by atoms with van der Waals surface area (Å²) in [6.45, 7) is 6.36. The third-order valence-corrected chi connectivity index (χ3v) is 5.58. The molecule has 0 amide bonds. The van der Waals surface area contributed by atoms with Gasteiger partial charge in [0.05, 0.1) is 0 Å². The van der Waals surface area contributed by atoms with Crippen molar-refractivity contribution in [1.82, 2.24) is 4.90 Å². The lowest BCUT2D eigenvalue weighted by Gasteiger charge is -2.47. The topological polar surface area (TPSA) is 29.5 Å². The van der Waals surface area contributed by atoms with Crippen LogP contribution in [0.3, 0.4) is 0 Å². The summed E-state index contributed by atoms with van der Waals surface area (Å²) in [7, 11) is 0. The molecule has 3 heteroatoms. The Bertz CT molecular complexity index is 427. The predicted octanol–water partition coefficient (Wildman–Crippen LogP) is 3.68. The van der Waals surface area contributed by atoms with E-state index in [2.05, 4.69) is 11.8 Å². The number of hydrogen-bond donors (Lipinski definition) is 0. The highest BCUT2D eigenvalue weighted by molar-refractivity contribution is 5.66. The molecule has 3 aliphatic rings. The normalized spacial score (nSPS) is 33.3. The fourth-order valence-corrected chi connectivity index (χ4v) is 4.75. The minimum atomic E-state index is -0.118.